The Bertz CT molecular complexity index is 647. The van der Waals surface area contributed by atoms with E-state index >= 15 is 0 Å². The number of piperazine rings is 1. The van der Waals surface area contributed by atoms with Crippen molar-refractivity contribution in [1.29, 1.82) is 0 Å². The van der Waals surface area contributed by atoms with E-state index in [1.165, 1.54) is 0 Å². The molecule has 2 heterocycles. The van der Waals surface area contributed by atoms with Crippen LogP contribution in [0.2, 0.25) is 0 Å². The first-order chi connectivity index (χ1) is 11.1. The molecule has 0 spiro atoms. The summed E-state index contributed by atoms with van der Waals surface area (Å²) in [5.41, 5.74) is 2.12. The van der Waals surface area contributed by atoms with E-state index in [4.69, 9.17) is 0 Å². The molecule has 0 saturated carbocycles. The Morgan fingerprint density at radius 1 is 1.29 bits per heavy atom. The number of fused-ring (bicyclic) bond motifs is 1. The molecule has 5 nitrogen and oxygen atoms in total. The van der Waals surface area contributed by atoms with E-state index < -0.39 is 0 Å². The fourth-order valence-corrected chi connectivity index (χ4v) is 3.41. The van der Waals surface area contributed by atoms with E-state index in [2.05, 4.69) is 12.2 Å². The van der Waals surface area contributed by atoms with Gasteiger partial charge in [-0.2, -0.15) is 0 Å². The maximum atomic E-state index is 12.8. The van der Waals surface area contributed by atoms with Crippen molar-refractivity contribution in [2.75, 3.05) is 19.6 Å². The third-order valence-electron chi connectivity index (χ3n) is 4.66. The molecule has 130 valence electrons. The van der Waals surface area contributed by atoms with Gasteiger partial charge in [-0.1, -0.05) is 24.3 Å². The van der Waals surface area contributed by atoms with Crippen LogP contribution >= 0.6 is 12.4 Å². The number of nitrogens with one attached hydrogen (secondary N) is 1. The SMILES string of the molecule is CC(=O)N1C=Cc2ccccc2C1CC(=O)N1CCNC[C@H]1C.Cl. The van der Waals surface area contributed by atoms with Gasteiger partial charge in [-0.25, -0.2) is 0 Å². The molecule has 6 heteroatoms. The summed E-state index contributed by atoms with van der Waals surface area (Å²) in [7, 11) is 0. The number of rotatable bonds is 2. The molecule has 3 rings (SSSR count). The summed E-state index contributed by atoms with van der Waals surface area (Å²) in [6, 6.07) is 7.94. The monoisotopic (exact) mass is 349 g/mol. The highest BCUT2D eigenvalue weighted by atomic mass is 35.5. The van der Waals surface area contributed by atoms with Crippen molar-refractivity contribution in [3.8, 4) is 0 Å². The summed E-state index contributed by atoms with van der Waals surface area (Å²) in [5.74, 6) is 0.0715. The number of carbonyl (C=O) groups excluding carboxylic acids is 2. The zero-order chi connectivity index (χ0) is 16.4. The van der Waals surface area contributed by atoms with Crippen LogP contribution in [-0.2, 0) is 9.59 Å². The number of amides is 2. The van der Waals surface area contributed by atoms with Gasteiger partial charge >= 0.3 is 0 Å². The summed E-state index contributed by atoms with van der Waals surface area (Å²) in [6.07, 6.45) is 4.06. The summed E-state index contributed by atoms with van der Waals surface area (Å²) in [4.78, 5) is 28.4. The minimum atomic E-state index is -0.219. The van der Waals surface area contributed by atoms with Crippen LogP contribution in [0.5, 0.6) is 0 Å². The van der Waals surface area contributed by atoms with Crippen molar-refractivity contribution in [3.05, 3.63) is 41.6 Å². The molecule has 0 aliphatic carbocycles. The van der Waals surface area contributed by atoms with Crippen molar-refractivity contribution in [2.45, 2.75) is 32.4 Å². The molecule has 1 fully saturated rings. The van der Waals surface area contributed by atoms with Gasteiger partial charge in [0.15, 0.2) is 0 Å². The molecule has 0 bridgehead atoms. The van der Waals surface area contributed by atoms with Gasteiger partial charge in [0.2, 0.25) is 11.8 Å². The lowest BCUT2D eigenvalue weighted by molar-refractivity contribution is -0.136. The van der Waals surface area contributed by atoms with Crippen LogP contribution in [0.15, 0.2) is 30.5 Å². The molecule has 1 N–H and O–H groups in total. The van der Waals surface area contributed by atoms with E-state index in [9.17, 15) is 9.59 Å². The van der Waals surface area contributed by atoms with Crippen molar-refractivity contribution >= 4 is 30.3 Å². The van der Waals surface area contributed by atoms with E-state index in [0.29, 0.717) is 6.42 Å². The second-order valence-electron chi connectivity index (χ2n) is 6.23. The fraction of sp³-hybridized carbons (Fsp3) is 0.444. The average molecular weight is 350 g/mol. The molecule has 1 aromatic rings. The molecular formula is C18H24ClN3O2. The van der Waals surface area contributed by atoms with Crippen molar-refractivity contribution in [3.63, 3.8) is 0 Å². The molecule has 24 heavy (non-hydrogen) atoms. The molecule has 2 aliphatic heterocycles. The molecule has 1 saturated heterocycles. The normalized spacial score (nSPS) is 22.6. The van der Waals surface area contributed by atoms with Gasteiger partial charge in [-0.3, -0.25) is 9.59 Å². The molecule has 1 aromatic carbocycles. The van der Waals surface area contributed by atoms with Gasteiger partial charge in [0.25, 0.3) is 0 Å². The van der Waals surface area contributed by atoms with Crippen LogP contribution in [-0.4, -0.2) is 47.3 Å². The molecule has 1 unspecified atom stereocenters. The highest BCUT2D eigenvalue weighted by molar-refractivity contribution is 5.85. The highest BCUT2D eigenvalue weighted by Gasteiger charge is 2.31. The predicted octanol–water partition coefficient (Wildman–Crippen LogP) is 2.19. The number of hydrogen-bond acceptors (Lipinski definition) is 3. The van der Waals surface area contributed by atoms with Crippen LogP contribution in [0.25, 0.3) is 6.08 Å². The Balaban J connectivity index is 0.00000208. The summed E-state index contributed by atoms with van der Waals surface area (Å²) >= 11 is 0. The molecular weight excluding hydrogens is 326 g/mol. The van der Waals surface area contributed by atoms with E-state index in [0.717, 1.165) is 30.8 Å². The third-order valence-corrected chi connectivity index (χ3v) is 4.66. The Morgan fingerprint density at radius 2 is 2.04 bits per heavy atom. The summed E-state index contributed by atoms with van der Waals surface area (Å²) in [6.45, 7) is 5.98. The van der Waals surface area contributed by atoms with Gasteiger partial charge in [-0.05, 0) is 24.1 Å². The van der Waals surface area contributed by atoms with Crippen LogP contribution in [0.3, 0.4) is 0 Å². The van der Waals surface area contributed by atoms with Crippen molar-refractivity contribution < 1.29 is 9.59 Å². The lowest BCUT2D eigenvalue weighted by Gasteiger charge is -2.37. The Morgan fingerprint density at radius 3 is 2.75 bits per heavy atom. The molecule has 2 amide bonds. The van der Waals surface area contributed by atoms with Crippen molar-refractivity contribution in [2.24, 2.45) is 0 Å². The quantitative estimate of drug-likeness (QED) is 0.890. The first kappa shape index (κ1) is 18.5. The largest absolute Gasteiger partial charge is 0.337 e. The van der Waals surface area contributed by atoms with Crippen LogP contribution in [0, 0.1) is 0 Å². The van der Waals surface area contributed by atoms with Gasteiger partial charge in [0.05, 0.1) is 12.5 Å². The van der Waals surface area contributed by atoms with Crippen LogP contribution in [0.1, 0.15) is 37.4 Å². The van der Waals surface area contributed by atoms with Crippen LogP contribution < -0.4 is 5.32 Å². The summed E-state index contributed by atoms with van der Waals surface area (Å²) in [5, 5.41) is 3.30. The number of carbonyl (C=O) groups is 2. The third kappa shape index (κ3) is 3.62. The van der Waals surface area contributed by atoms with Crippen molar-refractivity contribution in [1.82, 2.24) is 15.1 Å². The summed E-state index contributed by atoms with van der Waals surface area (Å²) < 4.78 is 0. The first-order valence-electron chi connectivity index (χ1n) is 8.14. The standard InChI is InChI=1S/C18H23N3O2.ClH/c1-13-12-19-8-10-20(13)18(23)11-17-16-6-4-3-5-15(16)7-9-21(17)14(2)22;/h3-7,9,13,17,19H,8,10-12H2,1-2H3;1H/t13-,17?;/m1./s1. The minimum Gasteiger partial charge on any atom is -0.337 e. The zero-order valence-corrected chi connectivity index (χ0v) is 14.9. The smallest absolute Gasteiger partial charge is 0.225 e. The maximum absolute atomic E-state index is 12.8. The number of nitrogens with zero attached hydrogens (tertiary/aromatic N) is 2. The Labute approximate surface area is 149 Å². The second-order valence-corrected chi connectivity index (χ2v) is 6.23. The lowest BCUT2D eigenvalue weighted by Crippen LogP contribution is -2.52. The molecule has 2 aliphatic rings. The number of halogens is 1. The minimum absolute atomic E-state index is 0. The van der Waals surface area contributed by atoms with Crippen LogP contribution in [0.4, 0.5) is 0 Å². The molecule has 2 atom stereocenters. The van der Waals surface area contributed by atoms with Gasteiger partial charge in [0.1, 0.15) is 0 Å². The number of hydrogen-bond donors (Lipinski definition) is 1. The number of benzene rings is 1. The molecule has 0 aromatic heterocycles. The van der Waals surface area contributed by atoms with Gasteiger partial charge < -0.3 is 15.1 Å². The Kier molecular flexibility index (Phi) is 6.02. The predicted molar refractivity (Wildman–Crippen MR) is 96.6 cm³/mol. The van der Waals surface area contributed by atoms with Gasteiger partial charge in [0, 0.05) is 38.8 Å². The average Bonchev–Trinajstić information content (AvgIpc) is 2.55. The second kappa shape index (κ2) is 7.81. The Hall–Kier alpha value is -1.85. The zero-order valence-electron chi connectivity index (χ0n) is 14.1. The van der Waals surface area contributed by atoms with E-state index in [1.807, 2.05) is 35.2 Å². The first-order valence-corrected chi connectivity index (χ1v) is 8.14. The van der Waals surface area contributed by atoms with E-state index in [-0.39, 0.29) is 36.3 Å². The fourth-order valence-electron chi connectivity index (χ4n) is 3.41. The maximum Gasteiger partial charge on any atom is 0.225 e. The lowest BCUT2D eigenvalue weighted by atomic mass is 9.93. The van der Waals surface area contributed by atoms with Gasteiger partial charge in [-0.15, -0.1) is 12.4 Å². The topological polar surface area (TPSA) is 52.7 Å². The molecule has 0 radical (unpaired) electrons. The highest BCUT2D eigenvalue weighted by Crippen LogP contribution is 2.33. The van der Waals surface area contributed by atoms with E-state index in [1.54, 1.807) is 18.0 Å².